The molecule has 0 amide bonds. The van der Waals surface area contributed by atoms with E-state index in [1.807, 2.05) is 0 Å². The Bertz CT molecular complexity index is 1700. The van der Waals surface area contributed by atoms with Gasteiger partial charge in [-0.3, -0.25) is 37.3 Å². The molecule has 0 radical (unpaired) electrons. The van der Waals surface area contributed by atoms with E-state index in [4.69, 9.17) is 37.0 Å². The second kappa shape index (κ2) is 58.2. The van der Waals surface area contributed by atoms with Gasteiger partial charge in [-0.1, -0.05) is 280 Å². The zero-order chi connectivity index (χ0) is 63.8. The standard InChI is InChI=1S/C67H130O17P2/c1-8-11-12-13-14-15-16-17-18-19-22-26-36-43-50-66(71)83-62(54-77-64(69)48-41-34-25-23-20-21-24-31-38-45-58(4)5)56-81-85(73,74)79-52-61(68)53-80-86(75,76)82-57-63(84-67(72)51-44-37-30-28-33-40-47-60(7)10-3)55-78-65(70)49-42-35-29-27-32-39-46-59(6)9-2/h58-63,68H,8-57H2,1-7H3,(H,73,74)(H,75,76)/t59?,60?,61-,62-,63-/m1/s1. The van der Waals surface area contributed by atoms with Gasteiger partial charge in [-0.25, -0.2) is 9.13 Å². The molecule has 0 spiro atoms. The number of aliphatic hydroxyl groups excluding tert-OH is 1. The second-order valence-electron chi connectivity index (χ2n) is 25.2. The molecule has 0 rings (SSSR count). The van der Waals surface area contributed by atoms with E-state index in [0.29, 0.717) is 25.7 Å². The third-order valence-electron chi connectivity index (χ3n) is 16.1. The van der Waals surface area contributed by atoms with Crippen molar-refractivity contribution in [3.05, 3.63) is 0 Å². The highest BCUT2D eigenvalue weighted by Gasteiger charge is 2.30. The SMILES string of the molecule is CCCCCCCCCCCCCCCCC(=O)O[C@H](COC(=O)CCCCCCCCCCCC(C)C)COP(=O)(O)OC[C@@H](O)COP(=O)(O)OC[C@@H](COC(=O)CCCCCCCCC(C)CC)OC(=O)CCCCCCCCC(C)CC. The number of hydrogen-bond donors (Lipinski definition) is 3. The van der Waals surface area contributed by atoms with Gasteiger partial charge in [-0.2, -0.15) is 0 Å². The van der Waals surface area contributed by atoms with Crippen molar-refractivity contribution in [1.82, 2.24) is 0 Å². The van der Waals surface area contributed by atoms with Crippen molar-refractivity contribution in [3.8, 4) is 0 Å². The maximum Gasteiger partial charge on any atom is 0.472 e. The number of carbonyl (C=O) groups excluding carboxylic acids is 4. The van der Waals surface area contributed by atoms with Gasteiger partial charge in [0.15, 0.2) is 12.2 Å². The first kappa shape index (κ1) is 84.1. The first-order valence-corrected chi connectivity index (χ1v) is 37.9. The summed E-state index contributed by atoms with van der Waals surface area (Å²) < 4.78 is 68.1. The third-order valence-corrected chi connectivity index (χ3v) is 18.0. The largest absolute Gasteiger partial charge is 0.472 e. The lowest BCUT2D eigenvalue weighted by Crippen LogP contribution is -2.30. The van der Waals surface area contributed by atoms with Crippen LogP contribution < -0.4 is 0 Å². The Morgan fingerprint density at radius 3 is 0.884 bits per heavy atom. The molecule has 0 aliphatic rings. The number of esters is 4. The zero-order valence-corrected chi connectivity index (χ0v) is 57.6. The highest BCUT2D eigenvalue weighted by atomic mass is 31.2. The molecule has 7 atom stereocenters. The predicted molar refractivity (Wildman–Crippen MR) is 344 cm³/mol. The lowest BCUT2D eigenvalue weighted by molar-refractivity contribution is -0.161. The van der Waals surface area contributed by atoms with Gasteiger partial charge in [0.2, 0.25) is 0 Å². The maximum absolute atomic E-state index is 13.0. The van der Waals surface area contributed by atoms with Gasteiger partial charge in [-0.05, 0) is 43.4 Å². The fourth-order valence-corrected chi connectivity index (χ4v) is 11.5. The van der Waals surface area contributed by atoms with Gasteiger partial charge in [0.25, 0.3) is 0 Å². The number of unbranched alkanes of at least 4 members (excludes halogenated alkanes) is 31. The molecule has 3 N–H and O–H groups in total. The molecule has 0 saturated carbocycles. The van der Waals surface area contributed by atoms with Crippen LogP contribution in [-0.2, 0) is 65.4 Å². The molecule has 0 aliphatic heterocycles. The van der Waals surface area contributed by atoms with Crippen molar-refractivity contribution in [2.45, 2.75) is 349 Å². The number of ether oxygens (including phenoxy) is 4. The molecule has 0 bridgehead atoms. The molecule has 0 aromatic carbocycles. The minimum Gasteiger partial charge on any atom is -0.462 e. The smallest absolute Gasteiger partial charge is 0.462 e. The van der Waals surface area contributed by atoms with Gasteiger partial charge >= 0.3 is 39.5 Å². The molecule has 0 fully saturated rings. The van der Waals surface area contributed by atoms with Crippen LogP contribution in [-0.4, -0.2) is 96.7 Å². The Kier molecular flexibility index (Phi) is 56.9. The van der Waals surface area contributed by atoms with Crippen molar-refractivity contribution in [1.29, 1.82) is 0 Å². The number of hydrogen-bond acceptors (Lipinski definition) is 15. The Balaban J connectivity index is 5.26. The number of rotatable bonds is 65. The summed E-state index contributed by atoms with van der Waals surface area (Å²) in [5.41, 5.74) is 0. The first-order chi connectivity index (χ1) is 41.3. The van der Waals surface area contributed by atoms with Crippen molar-refractivity contribution in [2.24, 2.45) is 17.8 Å². The Hall–Kier alpha value is -1.94. The fraction of sp³-hybridized carbons (Fsp3) is 0.940. The van der Waals surface area contributed by atoms with Crippen LogP contribution in [0.5, 0.6) is 0 Å². The predicted octanol–water partition coefficient (Wildman–Crippen LogP) is 18.7. The average Bonchev–Trinajstić information content (AvgIpc) is 3.65. The molecule has 0 heterocycles. The molecule has 0 aromatic heterocycles. The molecule has 86 heavy (non-hydrogen) atoms. The molecule has 0 aromatic rings. The number of phosphoric acid groups is 2. The van der Waals surface area contributed by atoms with Crippen LogP contribution in [0.4, 0.5) is 0 Å². The van der Waals surface area contributed by atoms with E-state index in [1.54, 1.807) is 0 Å². The van der Waals surface area contributed by atoms with E-state index >= 15 is 0 Å². The molecular formula is C67H130O17P2. The van der Waals surface area contributed by atoms with Gasteiger partial charge in [0.1, 0.15) is 19.3 Å². The van der Waals surface area contributed by atoms with Crippen LogP contribution in [0.25, 0.3) is 0 Å². The van der Waals surface area contributed by atoms with Crippen molar-refractivity contribution in [2.75, 3.05) is 39.6 Å². The maximum atomic E-state index is 13.0. The van der Waals surface area contributed by atoms with Gasteiger partial charge < -0.3 is 33.8 Å². The Morgan fingerprint density at radius 1 is 0.337 bits per heavy atom. The van der Waals surface area contributed by atoms with E-state index in [9.17, 15) is 43.2 Å². The Labute approximate surface area is 524 Å². The van der Waals surface area contributed by atoms with Crippen LogP contribution in [0, 0.1) is 17.8 Å². The second-order valence-corrected chi connectivity index (χ2v) is 28.1. The average molecular weight is 1270 g/mol. The fourth-order valence-electron chi connectivity index (χ4n) is 9.95. The van der Waals surface area contributed by atoms with Crippen molar-refractivity contribution in [3.63, 3.8) is 0 Å². The molecule has 0 aliphatic carbocycles. The van der Waals surface area contributed by atoms with E-state index in [-0.39, 0.29) is 25.7 Å². The topological polar surface area (TPSA) is 237 Å². The summed E-state index contributed by atoms with van der Waals surface area (Å²) in [5, 5.41) is 10.6. The van der Waals surface area contributed by atoms with E-state index in [0.717, 1.165) is 114 Å². The summed E-state index contributed by atoms with van der Waals surface area (Å²) in [5.74, 6) is 0.0613. The molecular weight excluding hydrogens is 1140 g/mol. The highest BCUT2D eigenvalue weighted by molar-refractivity contribution is 7.47. The number of carbonyl (C=O) groups is 4. The summed E-state index contributed by atoms with van der Waals surface area (Å²) in [4.78, 5) is 72.4. The van der Waals surface area contributed by atoms with E-state index in [2.05, 4.69) is 48.5 Å². The van der Waals surface area contributed by atoms with Crippen molar-refractivity contribution >= 4 is 39.5 Å². The van der Waals surface area contributed by atoms with Crippen LogP contribution in [0.1, 0.15) is 331 Å². The summed E-state index contributed by atoms with van der Waals surface area (Å²) in [6, 6.07) is 0. The lowest BCUT2D eigenvalue weighted by Gasteiger charge is -2.21. The van der Waals surface area contributed by atoms with Gasteiger partial charge in [0, 0.05) is 25.7 Å². The third kappa shape index (κ3) is 58.4. The summed E-state index contributed by atoms with van der Waals surface area (Å²) in [7, 11) is -9.90. The summed E-state index contributed by atoms with van der Waals surface area (Å²) >= 11 is 0. The molecule has 0 saturated heterocycles. The Morgan fingerprint density at radius 2 is 0.593 bits per heavy atom. The van der Waals surface area contributed by atoms with Crippen LogP contribution in [0.2, 0.25) is 0 Å². The minimum absolute atomic E-state index is 0.102. The van der Waals surface area contributed by atoms with Crippen LogP contribution >= 0.6 is 15.6 Å². The highest BCUT2D eigenvalue weighted by Crippen LogP contribution is 2.45. The quantitative estimate of drug-likeness (QED) is 0.0222. The molecule has 19 heteroatoms. The number of phosphoric ester groups is 2. The molecule has 4 unspecified atom stereocenters. The minimum atomic E-state index is -4.95. The first-order valence-electron chi connectivity index (χ1n) is 34.9. The normalized spacial score (nSPS) is 14.9. The van der Waals surface area contributed by atoms with Gasteiger partial charge in [0.05, 0.1) is 26.4 Å². The van der Waals surface area contributed by atoms with E-state index in [1.165, 1.54) is 135 Å². The van der Waals surface area contributed by atoms with Crippen LogP contribution in [0.3, 0.4) is 0 Å². The van der Waals surface area contributed by atoms with Crippen molar-refractivity contribution < 1.29 is 80.2 Å². The van der Waals surface area contributed by atoms with E-state index < -0.39 is 97.5 Å². The van der Waals surface area contributed by atoms with Crippen LogP contribution in [0.15, 0.2) is 0 Å². The molecule has 510 valence electrons. The summed E-state index contributed by atoms with van der Waals surface area (Å²) in [6.07, 6.45) is 40.3. The summed E-state index contributed by atoms with van der Waals surface area (Å²) in [6.45, 7) is 11.7. The molecule has 17 nitrogen and oxygen atoms in total. The zero-order valence-electron chi connectivity index (χ0n) is 55.8. The monoisotopic (exact) mass is 1270 g/mol. The van der Waals surface area contributed by atoms with Gasteiger partial charge in [-0.15, -0.1) is 0 Å². The number of aliphatic hydroxyl groups is 1. The lowest BCUT2D eigenvalue weighted by atomic mass is 10.00.